The molecule has 0 aromatic carbocycles. The molecule has 9 nitrogen and oxygen atoms in total. The normalized spacial score (nSPS) is 30.4. The van der Waals surface area contributed by atoms with Crippen molar-refractivity contribution in [1.82, 2.24) is 15.5 Å². The highest BCUT2D eigenvalue weighted by Gasteiger charge is 2.66. The molecule has 3 amide bonds. The molecule has 3 aliphatic rings. The summed E-state index contributed by atoms with van der Waals surface area (Å²) in [6.45, 7) is 21.3. The zero-order chi connectivity index (χ0) is 28.2. The lowest BCUT2D eigenvalue weighted by Gasteiger charge is -2.47. The van der Waals surface area contributed by atoms with Crippen LogP contribution in [-0.2, 0) is 23.6 Å². The van der Waals surface area contributed by atoms with E-state index in [1.54, 1.807) is 4.90 Å². The van der Waals surface area contributed by atoms with Crippen LogP contribution in [0.4, 0.5) is 4.79 Å². The SMILES string of the molecule is CC(=O)NC1(C(=O)NC(C)(C)C)C2CC(C1CCCB1OC(C)(C)C(C)(C)O1)N(C(=O)OC(C)(C)C)C2. The molecule has 2 heterocycles. The van der Waals surface area contributed by atoms with Gasteiger partial charge in [0.2, 0.25) is 11.8 Å². The molecule has 0 radical (unpaired) electrons. The lowest BCUT2D eigenvalue weighted by atomic mass is 9.71. The predicted octanol–water partition coefficient (Wildman–Crippen LogP) is 3.90. The number of rotatable bonds is 6. The molecule has 10 heteroatoms. The number of carbonyl (C=O) groups is 3. The Balaban J connectivity index is 1.87. The third-order valence-electron chi connectivity index (χ3n) is 8.17. The number of likely N-dealkylation sites (tertiary alicyclic amines) is 1. The van der Waals surface area contributed by atoms with E-state index in [1.807, 2.05) is 69.2 Å². The Labute approximate surface area is 223 Å². The third-order valence-corrected chi connectivity index (χ3v) is 8.17. The van der Waals surface area contributed by atoms with E-state index in [-0.39, 0.29) is 42.9 Å². The largest absolute Gasteiger partial charge is 0.457 e. The summed E-state index contributed by atoms with van der Waals surface area (Å²) >= 11 is 0. The van der Waals surface area contributed by atoms with Gasteiger partial charge in [-0.15, -0.1) is 0 Å². The Morgan fingerprint density at radius 3 is 2.08 bits per heavy atom. The number of ether oxygens (including phenoxy) is 1. The van der Waals surface area contributed by atoms with E-state index in [4.69, 9.17) is 14.0 Å². The van der Waals surface area contributed by atoms with Gasteiger partial charge in [-0.2, -0.15) is 0 Å². The van der Waals surface area contributed by atoms with E-state index in [0.29, 0.717) is 25.7 Å². The fourth-order valence-electron chi connectivity index (χ4n) is 6.06. The van der Waals surface area contributed by atoms with E-state index in [0.717, 1.165) is 6.42 Å². The van der Waals surface area contributed by atoms with Crippen LogP contribution in [0.2, 0.25) is 6.32 Å². The van der Waals surface area contributed by atoms with E-state index >= 15 is 0 Å². The van der Waals surface area contributed by atoms with E-state index in [1.165, 1.54) is 6.92 Å². The molecule has 2 aliphatic heterocycles. The monoisotopic (exact) mass is 521 g/mol. The molecule has 1 saturated carbocycles. The van der Waals surface area contributed by atoms with Crippen LogP contribution in [0.5, 0.6) is 0 Å². The number of fused-ring (bicyclic) bond motifs is 2. The maximum absolute atomic E-state index is 13.9. The van der Waals surface area contributed by atoms with Gasteiger partial charge in [0.1, 0.15) is 11.1 Å². The van der Waals surface area contributed by atoms with Gasteiger partial charge in [-0.1, -0.05) is 6.42 Å². The van der Waals surface area contributed by atoms with Gasteiger partial charge >= 0.3 is 13.2 Å². The molecule has 0 spiro atoms. The summed E-state index contributed by atoms with van der Waals surface area (Å²) in [7, 11) is -0.343. The first-order chi connectivity index (χ1) is 16.7. The molecule has 4 atom stereocenters. The molecule has 4 unspecified atom stereocenters. The highest BCUT2D eigenvalue weighted by molar-refractivity contribution is 6.45. The molecule has 0 aromatic heterocycles. The van der Waals surface area contributed by atoms with E-state index in [2.05, 4.69) is 10.6 Å². The van der Waals surface area contributed by atoms with Crippen molar-refractivity contribution in [2.75, 3.05) is 6.54 Å². The topological polar surface area (TPSA) is 106 Å². The lowest BCUT2D eigenvalue weighted by Crippen LogP contribution is -2.70. The van der Waals surface area contributed by atoms with Crippen LogP contribution in [0.1, 0.15) is 95.4 Å². The van der Waals surface area contributed by atoms with Gasteiger partial charge in [-0.05, 0) is 88.4 Å². The number of hydrogen-bond acceptors (Lipinski definition) is 6. The van der Waals surface area contributed by atoms with Crippen molar-refractivity contribution in [2.24, 2.45) is 11.8 Å². The highest BCUT2D eigenvalue weighted by atomic mass is 16.7. The summed E-state index contributed by atoms with van der Waals surface area (Å²) < 4.78 is 18.1. The number of hydrogen-bond donors (Lipinski definition) is 2. The number of piperidine rings is 1. The Kier molecular flexibility index (Phi) is 7.83. The van der Waals surface area contributed by atoms with Crippen molar-refractivity contribution in [3.63, 3.8) is 0 Å². The van der Waals surface area contributed by atoms with E-state index in [9.17, 15) is 14.4 Å². The highest BCUT2D eigenvalue weighted by Crippen LogP contribution is 2.52. The van der Waals surface area contributed by atoms with Crippen molar-refractivity contribution in [1.29, 1.82) is 0 Å². The van der Waals surface area contributed by atoms with Crippen molar-refractivity contribution < 1.29 is 28.4 Å². The summed E-state index contributed by atoms with van der Waals surface area (Å²) in [4.78, 5) is 41.3. The standard InChI is InChI=1S/C27H48BN3O6/c1-17(32)29-27(21(33)30-23(2,3)4)18-15-20(31(16-18)22(34)35-24(5,6)7)19(27)13-12-14-28-36-25(8,9)26(10,11)37-28/h18-20H,12-16H2,1-11H3,(H,29,32)(H,30,33). The van der Waals surface area contributed by atoms with Crippen molar-refractivity contribution in [3.8, 4) is 0 Å². The average molecular weight is 522 g/mol. The molecule has 3 fully saturated rings. The molecule has 210 valence electrons. The minimum atomic E-state index is -1.10. The molecule has 37 heavy (non-hydrogen) atoms. The number of nitrogens with one attached hydrogen (secondary N) is 2. The summed E-state index contributed by atoms with van der Waals surface area (Å²) in [5, 5.41) is 6.20. The Bertz CT molecular complexity index is 893. The van der Waals surface area contributed by atoms with Gasteiger partial charge in [0.15, 0.2) is 0 Å². The van der Waals surface area contributed by atoms with Gasteiger partial charge in [-0.25, -0.2) is 4.79 Å². The second-order valence-electron chi connectivity index (χ2n) is 14.1. The van der Waals surface area contributed by atoms with Crippen molar-refractivity contribution >= 4 is 25.0 Å². The van der Waals surface area contributed by atoms with Crippen LogP contribution in [-0.4, -0.2) is 70.4 Å². The number of amides is 3. The molecule has 3 rings (SSSR count). The molecule has 0 aromatic rings. The summed E-state index contributed by atoms with van der Waals surface area (Å²) in [5.41, 5.74) is -3.02. The molecule has 2 N–H and O–H groups in total. The van der Waals surface area contributed by atoms with Crippen LogP contribution >= 0.6 is 0 Å². The van der Waals surface area contributed by atoms with Crippen molar-refractivity contribution in [2.45, 2.75) is 136 Å². The maximum atomic E-state index is 13.9. The molecule has 2 saturated heterocycles. The summed E-state index contributed by atoms with van der Waals surface area (Å²) in [6.07, 6.45) is 2.27. The molecule has 1 aliphatic carbocycles. The van der Waals surface area contributed by atoms with E-state index < -0.39 is 27.9 Å². The van der Waals surface area contributed by atoms with Crippen LogP contribution in [0.3, 0.4) is 0 Å². The predicted molar refractivity (Wildman–Crippen MR) is 143 cm³/mol. The third kappa shape index (κ3) is 6.10. The first-order valence-electron chi connectivity index (χ1n) is 13.7. The Morgan fingerprint density at radius 2 is 1.59 bits per heavy atom. The van der Waals surface area contributed by atoms with Crippen LogP contribution in [0.15, 0.2) is 0 Å². The second-order valence-corrected chi connectivity index (χ2v) is 14.1. The van der Waals surface area contributed by atoms with Gasteiger partial charge in [0, 0.05) is 36.9 Å². The fraction of sp³-hybridized carbons (Fsp3) is 0.889. The van der Waals surface area contributed by atoms with Crippen LogP contribution in [0.25, 0.3) is 0 Å². The summed E-state index contributed by atoms with van der Waals surface area (Å²) in [5.74, 6) is -0.922. The minimum absolute atomic E-state index is 0.188. The fourth-order valence-corrected chi connectivity index (χ4v) is 6.06. The average Bonchev–Trinajstić information content (AvgIpc) is 3.28. The Hall–Kier alpha value is -1.81. The van der Waals surface area contributed by atoms with Crippen LogP contribution < -0.4 is 10.6 Å². The number of nitrogens with zero attached hydrogens (tertiary/aromatic N) is 1. The molecule has 2 bridgehead atoms. The zero-order valence-electron chi connectivity index (χ0n) is 24.7. The second kappa shape index (κ2) is 9.74. The Morgan fingerprint density at radius 1 is 1.03 bits per heavy atom. The minimum Gasteiger partial charge on any atom is -0.444 e. The first-order valence-corrected chi connectivity index (χ1v) is 13.7. The lowest BCUT2D eigenvalue weighted by molar-refractivity contribution is -0.140. The summed E-state index contributed by atoms with van der Waals surface area (Å²) in [6, 6.07) is -0.212. The zero-order valence-corrected chi connectivity index (χ0v) is 24.7. The van der Waals surface area contributed by atoms with Crippen LogP contribution in [0, 0.1) is 11.8 Å². The van der Waals surface area contributed by atoms with Gasteiger partial charge < -0.3 is 29.6 Å². The van der Waals surface area contributed by atoms with Gasteiger partial charge in [-0.3, -0.25) is 9.59 Å². The smallest absolute Gasteiger partial charge is 0.444 e. The van der Waals surface area contributed by atoms with Gasteiger partial charge in [0.05, 0.1) is 11.2 Å². The maximum Gasteiger partial charge on any atom is 0.457 e. The van der Waals surface area contributed by atoms with Crippen molar-refractivity contribution in [3.05, 3.63) is 0 Å². The van der Waals surface area contributed by atoms with Gasteiger partial charge in [0.25, 0.3) is 0 Å². The number of carbonyl (C=O) groups excluding carboxylic acids is 3. The quantitative estimate of drug-likeness (QED) is 0.514. The molecular formula is C27H48BN3O6. The first kappa shape index (κ1) is 29.7. The molecular weight excluding hydrogens is 473 g/mol.